The molecule has 2 aliphatic rings. The Kier molecular flexibility index (Phi) is 5.89. The second kappa shape index (κ2) is 8.20. The van der Waals surface area contributed by atoms with Gasteiger partial charge in [0.2, 0.25) is 0 Å². The zero-order chi connectivity index (χ0) is 18.9. The molecule has 2 fully saturated rings. The number of benzene rings is 1. The summed E-state index contributed by atoms with van der Waals surface area (Å²) in [6.45, 7) is 8.78. The molecule has 1 aromatic carbocycles. The molecule has 1 spiro atoms. The van der Waals surface area contributed by atoms with Gasteiger partial charge in [-0.3, -0.25) is 4.90 Å². The largest absolute Gasteiger partial charge is 0.373 e. The third-order valence-corrected chi connectivity index (χ3v) is 7.46. The summed E-state index contributed by atoms with van der Waals surface area (Å²) in [6.07, 6.45) is 3.80. The predicted octanol–water partition coefficient (Wildman–Crippen LogP) is 5.81. The molecule has 2 aliphatic heterocycles. The number of nitrogens with zero attached hydrogens (tertiary/aromatic N) is 2. The van der Waals surface area contributed by atoms with E-state index in [1.165, 1.54) is 25.0 Å². The monoisotopic (exact) mass is 404 g/mol. The predicted molar refractivity (Wildman–Crippen MR) is 112 cm³/mol. The third kappa shape index (κ3) is 4.24. The van der Waals surface area contributed by atoms with Crippen molar-refractivity contribution >= 4 is 22.9 Å². The van der Waals surface area contributed by atoms with Gasteiger partial charge >= 0.3 is 0 Å². The van der Waals surface area contributed by atoms with Gasteiger partial charge in [-0.2, -0.15) is 0 Å². The highest BCUT2D eigenvalue weighted by Crippen LogP contribution is 2.50. The van der Waals surface area contributed by atoms with Gasteiger partial charge in [0, 0.05) is 16.9 Å². The summed E-state index contributed by atoms with van der Waals surface area (Å²) in [5.74, 6) is 1.10. The van der Waals surface area contributed by atoms with Crippen LogP contribution in [0.25, 0.3) is 0 Å². The summed E-state index contributed by atoms with van der Waals surface area (Å²) >= 11 is 8.18. The lowest BCUT2D eigenvalue weighted by Gasteiger charge is -2.50. The topological polar surface area (TPSA) is 25.4 Å². The molecule has 0 aliphatic carbocycles. The van der Waals surface area contributed by atoms with Crippen LogP contribution in [0.2, 0.25) is 5.02 Å². The number of thiazole rings is 1. The van der Waals surface area contributed by atoms with Crippen LogP contribution in [-0.2, 0) is 11.3 Å². The van der Waals surface area contributed by atoms with Crippen molar-refractivity contribution in [2.75, 3.05) is 19.7 Å². The Balaban J connectivity index is 1.44. The molecule has 2 saturated heterocycles. The molecule has 0 unspecified atom stereocenters. The molecule has 3 heterocycles. The van der Waals surface area contributed by atoms with Crippen molar-refractivity contribution in [1.82, 2.24) is 9.88 Å². The van der Waals surface area contributed by atoms with Crippen molar-refractivity contribution in [2.24, 2.45) is 17.3 Å². The SMILES string of the molecule is CC(C)[C@H]1CC2(CCN(Cc3cscn3)CC2)CO[C@@H]1c1ccccc1Cl. The number of aromatic nitrogens is 1. The van der Waals surface area contributed by atoms with Crippen LogP contribution in [0.15, 0.2) is 35.2 Å². The fourth-order valence-electron chi connectivity index (χ4n) is 4.75. The highest BCUT2D eigenvalue weighted by Gasteiger charge is 2.45. The normalized spacial score (nSPS) is 25.9. The molecule has 4 rings (SSSR count). The first-order valence-corrected chi connectivity index (χ1v) is 11.3. The van der Waals surface area contributed by atoms with Crippen LogP contribution in [0.1, 0.15) is 50.5 Å². The van der Waals surface area contributed by atoms with Crippen LogP contribution < -0.4 is 0 Å². The highest BCUT2D eigenvalue weighted by atomic mass is 35.5. The van der Waals surface area contributed by atoms with Gasteiger partial charge < -0.3 is 4.74 Å². The van der Waals surface area contributed by atoms with Crippen LogP contribution in [0.5, 0.6) is 0 Å². The van der Waals surface area contributed by atoms with E-state index in [0.29, 0.717) is 17.3 Å². The summed E-state index contributed by atoms with van der Waals surface area (Å²) < 4.78 is 6.54. The molecule has 146 valence electrons. The number of hydrogen-bond donors (Lipinski definition) is 0. The Bertz CT molecular complexity index is 741. The molecule has 2 aromatic rings. The number of likely N-dealkylation sites (tertiary alicyclic amines) is 1. The van der Waals surface area contributed by atoms with Gasteiger partial charge in [0.15, 0.2) is 0 Å². The molecule has 0 N–H and O–H groups in total. The minimum absolute atomic E-state index is 0.123. The zero-order valence-corrected chi connectivity index (χ0v) is 17.8. The highest BCUT2D eigenvalue weighted by molar-refractivity contribution is 7.07. The maximum atomic E-state index is 6.54. The lowest BCUT2D eigenvalue weighted by atomic mass is 9.66. The average molecular weight is 405 g/mol. The first-order chi connectivity index (χ1) is 13.1. The van der Waals surface area contributed by atoms with Crippen molar-refractivity contribution in [1.29, 1.82) is 0 Å². The van der Waals surface area contributed by atoms with Crippen molar-refractivity contribution in [3.05, 3.63) is 51.4 Å². The quantitative estimate of drug-likeness (QED) is 0.642. The van der Waals surface area contributed by atoms with Gasteiger partial charge in [0.25, 0.3) is 0 Å². The average Bonchev–Trinajstić information content (AvgIpc) is 3.18. The minimum atomic E-state index is 0.123. The van der Waals surface area contributed by atoms with Crippen molar-refractivity contribution in [2.45, 2.75) is 45.8 Å². The van der Waals surface area contributed by atoms with E-state index < -0.39 is 0 Å². The molecular formula is C22H29ClN2OS. The van der Waals surface area contributed by atoms with Crippen molar-refractivity contribution in [3.63, 3.8) is 0 Å². The maximum absolute atomic E-state index is 6.54. The van der Waals surface area contributed by atoms with E-state index >= 15 is 0 Å². The van der Waals surface area contributed by atoms with E-state index in [2.05, 4.69) is 41.2 Å². The summed E-state index contributed by atoms with van der Waals surface area (Å²) in [7, 11) is 0. The Hall–Kier alpha value is -0.940. The molecule has 5 heteroatoms. The molecule has 27 heavy (non-hydrogen) atoms. The molecule has 3 nitrogen and oxygen atoms in total. The zero-order valence-electron chi connectivity index (χ0n) is 16.2. The summed E-state index contributed by atoms with van der Waals surface area (Å²) in [5, 5.41) is 3.00. The molecule has 0 amide bonds. The van der Waals surface area contributed by atoms with Crippen molar-refractivity contribution in [3.8, 4) is 0 Å². The smallest absolute Gasteiger partial charge is 0.0870 e. The van der Waals surface area contributed by atoms with E-state index in [9.17, 15) is 0 Å². The van der Waals surface area contributed by atoms with Gasteiger partial charge in [0.1, 0.15) is 0 Å². The number of ether oxygens (including phenoxy) is 1. The summed E-state index contributed by atoms with van der Waals surface area (Å²) in [5.41, 5.74) is 4.62. The van der Waals surface area contributed by atoms with Crippen LogP contribution in [0.4, 0.5) is 0 Å². The molecule has 0 radical (unpaired) electrons. The molecule has 0 saturated carbocycles. The van der Waals surface area contributed by atoms with E-state index in [0.717, 1.165) is 36.8 Å². The fraction of sp³-hybridized carbons (Fsp3) is 0.591. The van der Waals surface area contributed by atoms with E-state index in [4.69, 9.17) is 16.3 Å². The van der Waals surface area contributed by atoms with E-state index in [1.54, 1.807) is 11.3 Å². The lowest BCUT2D eigenvalue weighted by Crippen LogP contribution is -2.47. The lowest BCUT2D eigenvalue weighted by molar-refractivity contribution is -0.131. The van der Waals surface area contributed by atoms with Crippen LogP contribution >= 0.6 is 22.9 Å². The second-order valence-corrected chi connectivity index (χ2v) is 9.75. The summed E-state index contributed by atoms with van der Waals surface area (Å²) in [6, 6.07) is 8.19. The van der Waals surface area contributed by atoms with Crippen LogP contribution in [0.3, 0.4) is 0 Å². The second-order valence-electron chi connectivity index (χ2n) is 8.62. The molecular weight excluding hydrogens is 376 g/mol. The number of hydrogen-bond acceptors (Lipinski definition) is 4. The van der Waals surface area contributed by atoms with Gasteiger partial charge in [0.05, 0.1) is 23.9 Å². The first-order valence-electron chi connectivity index (χ1n) is 10.0. The van der Waals surface area contributed by atoms with Crippen LogP contribution in [-0.4, -0.2) is 29.6 Å². The molecule has 0 bridgehead atoms. The number of piperidine rings is 1. The van der Waals surface area contributed by atoms with Crippen molar-refractivity contribution < 1.29 is 4.74 Å². The standard InChI is InChI=1S/C22H29ClN2OS/c1-16(2)19-11-22(14-26-21(19)18-5-3-4-6-20(18)23)7-9-25(10-8-22)12-17-13-27-15-24-17/h3-6,13,15-16,19,21H,7-12,14H2,1-2H3/t19-,21-/m1/s1. The van der Waals surface area contributed by atoms with Gasteiger partial charge in [-0.25, -0.2) is 4.98 Å². The maximum Gasteiger partial charge on any atom is 0.0870 e. The number of rotatable bonds is 4. The first kappa shape index (κ1) is 19.4. The Morgan fingerprint density at radius 2 is 2.07 bits per heavy atom. The Morgan fingerprint density at radius 1 is 1.30 bits per heavy atom. The van der Waals surface area contributed by atoms with E-state index in [-0.39, 0.29) is 6.10 Å². The van der Waals surface area contributed by atoms with Gasteiger partial charge in [-0.15, -0.1) is 11.3 Å². The molecule has 1 aromatic heterocycles. The third-order valence-electron chi connectivity index (χ3n) is 6.48. The summed E-state index contributed by atoms with van der Waals surface area (Å²) in [4.78, 5) is 6.99. The number of halogens is 1. The van der Waals surface area contributed by atoms with E-state index in [1.807, 2.05) is 17.6 Å². The Morgan fingerprint density at radius 3 is 2.74 bits per heavy atom. The Labute approximate surface area is 171 Å². The van der Waals surface area contributed by atoms with Crippen LogP contribution in [0, 0.1) is 17.3 Å². The molecule has 2 atom stereocenters. The fourth-order valence-corrected chi connectivity index (χ4v) is 5.54. The minimum Gasteiger partial charge on any atom is -0.373 e. The van der Waals surface area contributed by atoms with Gasteiger partial charge in [-0.1, -0.05) is 43.6 Å². The van der Waals surface area contributed by atoms with Gasteiger partial charge in [-0.05, 0) is 61.2 Å².